The van der Waals surface area contributed by atoms with Crippen molar-refractivity contribution in [2.24, 2.45) is 0 Å². The first kappa shape index (κ1) is 12.8. The SMILES string of the molecule is CCn1ccnc1CNCC(O)c1ccccc1. The van der Waals surface area contributed by atoms with Crippen molar-refractivity contribution in [3.8, 4) is 0 Å². The summed E-state index contributed by atoms with van der Waals surface area (Å²) >= 11 is 0. The van der Waals surface area contributed by atoms with Gasteiger partial charge in [-0.2, -0.15) is 0 Å². The molecule has 1 unspecified atom stereocenters. The average Bonchev–Trinajstić information content (AvgIpc) is 2.87. The number of aryl methyl sites for hydroxylation is 1. The highest BCUT2D eigenvalue weighted by atomic mass is 16.3. The van der Waals surface area contributed by atoms with Crippen LogP contribution < -0.4 is 5.32 Å². The van der Waals surface area contributed by atoms with Gasteiger partial charge >= 0.3 is 0 Å². The first-order chi connectivity index (χ1) is 8.81. The Labute approximate surface area is 107 Å². The van der Waals surface area contributed by atoms with Crippen molar-refractivity contribution in [3.05, 3.63) is 54.1 Å². The zero-order chi connectivity index (χ0) is 12.8. The Balaban J connectivity index is 1.82. The van der Waals surface area contributed by atoms with E-state index in [4.69, 9.17) is 0 Å². The van der Waals surface area contributed by atoms with Gasteiger partial charge in [0.15, 0.2) is 0 Å². The molecule has 18 heavy (non-hydrogen) atoms. The van der Waals surface area contributed by atoms with E-state index in [9.17, 15) is 5.11 Å². The molecule has 0 fully saturated rings. The molecule has 2 rings (SSSR count). The Bertz CT molecular complexity index is 467. The third kappa shape index (κ3) is 3.18. The molecular formula is C14H19N3O. The number of aliphatic hydroxyl groups is 1. The van der Waals surface area contributed by atoms with Gasteiger partial charge in [-0.15, -0.1) is 0 Å². The van der Waals surface area contributed by atoms with Gasteiger partial charge < -0.3 is 15.0 Å². The number of aliphatic hydroxyl groups excluding tert-OH is 1. The highest BCUT2D eigenvalue weighted by Gasteiger charge is 2.07. The lowest BCUT2D eigenvalue weighted by molar-refractivity contribution is 0.174. The van der Waals surface area contributed by atoms with Crippen LogP contribution in [0, 0.1) is 0 Å². The van der Waals surface area contributed by atoms with E-state index in [1.165, 1.54) is 0 Å². The number of nitrogens with zero attached hydrogens (tertiary/aromatic N) is 2. The van der Waals surface area contributed by atoms with Crippen LogP contribution >= 0.6 is 0 Å². The number of hydrogen-bond acceptors (Lipinski definition) is 3. The van der Waals surface area contributed by atoms with Crippen LogP contribution in [0.3, 0.4) is 0 Å². The number of aromatic nitrogens is 2. The molecule has 2 aromatic rings. The van der Waals surface area contributed by atoms with Crippen molar-refractivity contribution in [1.29, 1.82) is 0 Å². The fraction of sp³-hybridized carbons (Fsp3) is 0.357. The van der Waals surface area contributed by atoms with Crippen LogP contribution in [-0.4, -0.2) is 21.2 Å². The molecule has 1 heterocycles. The molecule has 0 aliphatic carbocycles. The lowest BCUT2D eigenvalue weighted by atomic mass is 10.1. The van der Waals surface area contributed by atoms with Gasteiger partial charge in [-0.1, -0.05) is 30.3 Å². The summed E-state index contributed by atoms with van der Waals surface area (Å²) in [5.41, 5.74) is 0.934. The third-order valence-electron chi connectivity index (χ3n) is 2.95. The summed E-state index contributed by atoms with van der Waals surface area (Å²) in [7, 11) is 0. The van der Waals surface area contributed by atoms with Crippen LogP contribution in [0.15, 0.2) is 42.7 Å². The van der Waals surface area contributed by atoms with E-state index in [-0.39, 0.29) is 0 Å². The molecule has 1 aromatic carbocycles. The van der Waals surface area contributed by atoms with Gasteiger partial charge in [0.25, 0.3) is 0 Å². The lowest BCUT2D eigenvalue weighted by Crippen LogP contribution is -2.22. The number of hydrogen-bond donors (Lipinski definition) is 2. The number of benzene rings is 1. The quantitative estimate of drug-likeness (QED) is 0.815. The molecular weight excluding hydrogens is 226 g/mol. The van der Waals surface area contributed by atoms with Gasteiger partial charge in [-0.05, 0) is 12.5 Å². The molecule has 1 aromatic heterocycles. The van der Waals surface area contributed by atoms with Gasteiger partial charge in [0, 0.05) is 25.5 Å². The van der Waals surface area contributed by atoms with Crippen molar-refractivity contribution in [2.75, 3.05) is 6.54 Å². The van der Waals surface area contributed by atoms with E-state index < -0.39 is 6.10 Å². The van der Waals surface area contributed by atoms with E-state index in [1.54, 1.807) is 6.20 Å². The molecule has 96 valence electrons. The van der Waals surface area contributed by atoms with Gasteiger partial charge in [-0.3, -0.25) is 0 Å². The molecule has 0 saturated carbocycles. The predicted molar refractivity (Wildman–Crippen MR) is 71.0 cm³/mol. The van der Waals surface area contributed by atoms with Gasteiger partial charge in [0.1, 0.15) is 5.82 Å². The van der Waals surface area contributed by atoms with Crippen molar-refractivity contribution < 1.29 is 5.11 Å². The summed E-state index contributed by atoms with van der Waals surface area (Å²) in [4.78, 5) is 4.28. The molecule has 0 amide bonds. The zero-order valence-electron chi connectivity index (χ0n) is 10.6. The largest absolute Gasteiger partial charge is 0.387 e. The summed E-state index contributed by atoms with van der Waals surface area (Å²) in [5, 5.41) is 13.2. The third-order valence-corrected chi connectivity index (χ3v) is 2.95. The minimum absolute atomic E-state index is 0.476. The molecule has 0 aliphatic rings. The Kier molecular flexibility index (Phi) is 4.50. The van der Waals surface area contributed by atoms with E-state index in [2.05, 4.69) is 21.8 Å². The van der Waals surface area contributed by atoms with E-state index in [1.807, 2.05) is 36.5 Å². The van der Waals surface area contributed by atoms with E-state index in [0.717, 1.165) is 17.9 Å². The molecule has 4 nitrogen and oxygen atoms in total. The molecule has 1 atom stereocenters. The minimum atomic E-state index is -0.476. The van der Waals surface area contributed by atoms with Crippen LogP contribution in [0.5, 0.6) is 0 Å². The summed E-state index contributed by atoms with van der Waals surface area (Å²) in [6, 6.07) is 9.67. The monoisotopic (exact) mass is 245 g/mol. The highest BCUT2D eigenvalue weighted by Crippen LogP contribution is 2.10. The van der Waals surface area contributed by atoms with Gasteiger partial charge in [-0.25, -0.2) is 4.98 Å². The molecule has 0 radical (unpaired) electrons. The second kappa shape index (κ2) is 6.33. The highest BCUT2D eigenvalue weighted by molar-refractivity contribution is 5.17. The second-order valence-corrected chi connectivity index (χ2v) is 4.19. The Morgan fingerprint density at radius 1 is 1.33 bits per heavy atom. The molecule has 0 bridgehead atoms. The van der Waals surface area contributed by atoms with Gasteiger partial charge in [0.2, 0.25) is 0 Å². The molecule has 0 aliphatic heterocycles. The Morgan fingerprint density at radius 2 is 2.11 bits per heavy atom. The normalized spacial score (nSPS) is 12.6. The second-order valence-electron chi connectivity index (χ2n) is 4.19. The standard InChI is InChI=1S/C14H19N3O/c1-2-17-9-8-16-14(17)11-15-10-13(18)12-6-4-3-5-7-12/h3-9,13,15,18H,2,10-11H2,1H3. The lowest BCUT2D eigenvalue weighted by Gasteiger charge is -2.12. The fourth-order valence-electron chi connectivity index (χ4n) is 1.91. The first-order valence-electron chi connectivity index (χ1n) is 6.25. The Hall–Kier alpha value is -1.65. The van der Waals surface area contributed by atoms with Crippen molar-refractivity contribution in [3.63, 3.8) is 0 Å². The van der Waals surface area contributed by atoms with Crippen LogP contribution in [0.4, 0.5) is 0 Å². The fourth-order valence-corrected chi connectivity index (χ4v) is 1.91. The number of imidazole rings is 1. The molecule has 2 N–H and O–H groups in total. The number of nitrogens with one attached hydrogen (secondary N) is 1. The molecule has 4 heteroatoms. The van der Waals surface area contributed by atoms with Crippen LogP contribution in [0.1, 0.15) is 24.4 Å². The molecule has 0 spiro atoms. The summed E-state index contributed by atoms with van der Waals surface area (Å²) in [6.45, 7) is 4.20. The average molecular weight is 245 g/mol. The minimum Gasteiger partial charge on any atom is -0.387 e. The van der Waals surface area contributed by atoms with Crippen molar-refractivity contribution in [1.82, 2.24) is 14.9 Å². The maximum Gasteiger partial charge on any atom is 0.122 e. The topological polar surface area (TPSA) is 50.1 Å². The van der Waals surface area contributed by atoms with E-state index in [0.29, 0.717) is 13.1 Å². The van der Waals surface area contributed by atoms with Crippen molar-refractivity contribution in [2.45, 2.75) is 26.1 Å². The smallest absolute Gasteiger partial charge is 0.122 e. The number of rotatable bonds is 6. The van der Waals surface area contributed by atoms with Gasteiger partial charge in [0.05, 0.1) is 12.6 Å². The van der Waals surface area contributed by atoms with Crippen LogP contribution in [0.2, 0.25) is 0 Å². The van der Waals surface area contributed by atoms with Crippen LogP contribution in [-0.2, 0) is 13.1 Å². The first-order valence-corrected chi connectivity index (χ1v) is 6.25. The summed E-state index contributed by atoms with van der Waals surface area (Å²) in [6.07, 6.45) is 3.29. The zero-order valence-corrected chi connectivity index (χ0v) is 10.6. The Morgan fingerprint density at radius 3 is 2.83 bits per heavy atom. The molecule has 0 saturated heterocycles. The summed E-state index contributed by atoms with van der Waals surface area (Å²) in [5.74, 6) is 0.998. The predicted octanol–water partition coefficient (Wildman–Crippen LogP) is 1.73. The van der Waals surface area contributed by atoms with E-state index >= 15 is 0 Å². The van der Waals surface area contributed by atoms with Crippen LogP contribution in [0.25, 0.3) is 0 Å². The summed E-state index contributed by atoms with van der Waals surface area (Å²) < 4.78 is 2.09. The maximum absolute atomic E-state index is 9.99. The van der Waals surface area contributed by atoms with Crippen molar-refractivity contribution >= 4 is 0 Å². The maximum atomic E-state index is 9.99.